The third kappa shape index (κ3) is 13.4. The van der Waals surface area contributed by atoms with E-state index in [1.54, 1.807) is 6.08 Å². The van der Waals surface area contributed by atoms with Crippen LogP contribution in [0.15, 0.2) is 23.3 Å². The fraction of sp³-hybridized carbons (Fsp3) is 0.912. The Morgan fingerprint density at radius 3 is 1.69 bits per heavy atom. The Labute approximate surface area is 495 Å². The minimum absolute atomic E-state index is 0.0727. The van der Waals surface area contributed by atoms with Gasteiger partial charge in [-0.3, -0.25) is 9.35 Å². The molecule has 5 aliphatic heterocycles. The number of ether oxygens (including phenoxy) is 10. The number of allylic oxidation sites excluding steroid dienone is 4. The minimum atomic E-state index is -4.88. The zero-order chi connectivity index (χ0) is 62.3. The highest BCUT2D eigenvalue weighted by Crippen LogP contribution is 2.67. The molecule has 4 unspecified atom stereocenters. The number of aliphatic hydroxyl groups excluding tert-OH is 12. The molecule has 28 heteroatoms. The highest BCUT2D eigenvalue weighted by atomic mass is 32.3. The smallest absolute Gasteiger partial charge is 0.394 e. The Morgan fingerprint density at radius 2 is 1.13 bits per heavy atom. The summed E-state index contributed by atoms with van der Waals surface area (Å²) in [6.45, 7) is 15.0. The monoisotopic (exact) mass is 1240 g/mol. The summed E-state index contributed by atoms with van der Waals surface area (Å²) in [6, 6.07) is 0. The molecule has 5 heterocycles. The Hall–Kier alpha value is -1.86. The molecule has 3 saturated carbocycles. The van der Waals surface area contributed by atoms with Gasteiger partial charge in [0.25, 0.3) is 0 Å². The molecular formula is C57H92O27S. The predicted molar refractivity (Wildman–Crippen MR) is 289 cm³/mol. The van der Waals surface area contributed by atoms with E-state index in [4.69, 9.17) is 51.6 Å². The van der Waals surface area contributed by atoms with E-state index >= 15 is 0 Å². The van der Waals surface area contributed by atoms with Gasteiger partial charge in [-0.05, 0) is 133 Å². The molecule has 9 aliphatic rings. The summed E-state index contributed by atoms with van der Waals surface area (Å²) < 4.78 is 101. The van der Waals surface area contributed by atoms with Crippen LogP contribution >= 0.6 is 0 Å². The molecule has 0 aromatic rings. The molecule has 0 spiro atoms. The van der Waals surface area contributed by atoms with Gasteiger partial charge in [0.1, 0.15) is 97.7 Å². The molecule has 0 aromatic carbocycles. The normalized spacial score (nSPS) is 51.6. The molecule has 0 aromatic heterocycles. The second kappa shape index (κ2) is 26.4. The fourth-order valence-electron chi connectivity index (χ4n) is 15.8. The molecule has 0 amide bonds. The van der Waals surface area contributed by atoms with Crippen LogP contribution < -0.4 is 0 Å². The lowest BCUT2D eigenvalue weighted by Gasteiger charge is -2.59. The van der Waals surface area contributed by atoms with Gasteiger partial charge in [0, 0.05) is 6.42 Å². The average molecular weight is 1240 g/mol. The first-order valence-corrected chi connectivity index (χ1v) is 31.3. The van der Waals surface area contributed by atoms with Crippen LogP contribution in [0.4, 0.5) is 0 Å². The van der Waals surface area contributed by atoms with Crippen LogP contribution in [0.2, 0.25) is 0 Å². The first-order valence-electron chi connectivity index (χ1n) is 30.0. The van der Waals surface area contributed by atoms with E-state index in [1.807, 2.05) is 13.8 Å². The molecular weight excluding hydrogens is 1150 g/mol. The summed E-state index contributed by atoms with van der Waals surface area (Å²) in [5, 5.41) is 134. The zero-order valence-corrected chi connectivity index (χ0v) is 50.2. The molecule has 27 nitrogen and oxygen atoms in total. The first-order chi connectivity index (χ1) is 39.8. The molecule has 0 radical (unpaired) electrons. The summed E-state index contributed by atoms with van der Waals surface area (Å²) in [4.78, 5) is 13.1. The number of aliphatic hydroxyl groups is 12. The highest BCUT2D eigenvalue weighted by molar-refractivity contribution is 7.80. The van der Waals surface area contributed by atoms with Gasteiger partial charge < -0.3 is 109 Å². The van der Waals surface area contributed by atoms with Gasteiger partial charge in [-0.1, -0.05) is 38.0 Å². The van der Waals surface area contributed by atoms with Crippen molar-refractivity contribution in [3.05, 3.63) is 23.3 Å². The number of hydrogen-bond acceptors (Lipinski definition) is 26. The van der Waals surface area contributed by atoms with Crippen molar-refractivity contribution in [3.8, 4) is 0 Å². The van der Waals surface area contributed by atoms with E-state index in [-0.39, 0.29) is 47.7 Å². The summed E-state index contributed by atoms with van der Waals surface area (Å²) >= 11 is 0. The molecule has 8 fully saturated rings. The molecule has 488 valence electrons. The number of hydrogen-bond donors (Lipinski definition) is 13. The standard InChI is InChI=1S/C57H92O27S/c1-21(2)16-27(59)17-22(3)30-10-11-31-29-19-34(33-18-28(84-85(71,72)73)12-14-57(33,9)32(29)13-15-56(30,31)8)78-53-46(70)48(39(63)35(20-58)79-53)81-55-50(83-52-44(68)41(65)37(61)24(5)75-52)45(69)47(26(7)77-55)80-54-49(42(66)38(62)25(6)76-54)82-51-43(67)40(64)36(60)23(4)74-51/h13,16,22-26,28-31,33-55,58,60-70H,10-12,14-15,17-20H2,1-9H3,(H,71,72,73)/t22?,23-,24-,25-,26-,28+,29?,30-,31?,33?,34+,35-,36+,37-,38+,39-,40+,41+,42+,43-,44-,45+,46-,47-,48+,49-,50-,51+,52+,53-,54+,55+,56-,57-/m1/s1. The van der Waals surface area contributed by atoms with E-state index in [9.17, 15) is 79.0 Å². The topological polar surface area (TPSA) is 416 Å². The van der Waals surface area contributed by atoms with Crippen molar-refractivity contribution in [2.45, 2.75) is 279 Å². The van der Waals surface area contributed by atoms with E-state index in [0.717, 1.165) is 24.8 Å². The predicted octanol–water partition coefficient (Wildman–Crippen LogP) is -1.48. The maximum atomic E-state index is 13.1. The van der Waals surface area contributed by atoms with Crippen molar-refractivity contribution >= 4 is 16.2 Å². The molecule has 5 saturated heterocycles. The average Bonchev–Trinajstić information content (AvgIpc) is 1.75. The third-order valence-corrected chi connectivity index (χ3v) is 20.9. The summed E-state index contributed by atoms with van der Waals surface area (Å²) in [5.74, 6) is -0.101. The van der Waals surface area contributed by atoms with Crippen LogP contribution in [0.25, 0.3) is 0 Å². The Bertz CT molecular complexity index is 2470. The lowest BCUT2D eigenvalue weighted by Crippen LogP contribution is -2.68. The van der Waals surface area contributed by atoms with Crippen molar-refractivity contribution < 1.29 is 131 Å². The van der Waals surface area contributed by atoms with Crippen LogP contribution in [0.5, 0.6) is 0 Å². The van der Waals surface area contributed by atoms with Crippen LogP contribution in [-0.2, 0) is 66.7 Å². The minimum Gasteiger partial charge on any atom is -0.394 e. The Balaban J connectivity index is 0.999. The van der Waals surface area contributed by atoms with Crippen LogP contribution in [0.3, 0.4) is 0 Å². The summed E-state index contributed by atoms with van der Waals surface area (Å²) in [5.41, 5.74) is 1.28. The maximum Gasteiger partial charge on any atom is 0.397 e. The van der Waals surface area contributed by atoms with Crippen molar-refractivity contribution in [1.82, 2.24) is 0 Å². The van der Waals surface area contributed by atoms with Gasteiger partial charge in [0.2, 0.25) is 0 Å². The van der Waals surface area contributed by atoms with Crippen LogP contribution in [0.1, 0.15) is 114 Å². The van der Waals surface area contributed by atoms with Crippen molar-refractivity contribution in [3.63, 3.8) is 0 Å². The summed E-state index contributed by atoms with van der Waals surface area (Å²) in [6.07, 6.45) is -35.8. The molecule has 85 heavy (non-hydrogen) atoms. The van der Waals surface area contributed by atoms with Gasteiger partial charge in [-0.15, -0.1) is 0 Å². The van der Waals surface area contributed by atoms with Gasteiger partial charge in [0.05, 0.1) is 43.2 Å². The third-order valence-electron chi connectivity index (χ3n) is 20.4. The maximum absolute atomic E-state index is 13.1. The van der Waals surface area contributed by atoms with Crippen molar-refractivity contribution in [2.24, 2.45) is 40.4 Å². The van der Waals surface area contributed by atoms with Gasteiger partial charge in [0.15, 0.2) is 37.2 Å². The number of rotatable bonds is 17. The molecule has 34 atom stereocenters. The molecule has 13 N–H and O–H groups in total. The van der Waals surface area contributed by atoms with E-state index in [2.05, 4.69) is 26.8 Å². The van der Waals surface area contributed by atoms with Crippen LogP contribution in [-0.4, -0.2) is 252 Å². The SMILES string of the molecule is CC(C)=CC(=O)CC(C)[C@H]1CCC2C3C[C@H](O[C@@H]4O[C@H](CO)[C@@H](O)[C@H](O[C@@H]5O[C@H](C)[C@@H](O[C@@H]6O[C@H](C)[C@H](O)[C@H](O)[C@H]6O[C@@H]6O[C@H](C)[C@H](O)[C@H](O)[C@H]6O)[C@H](O)[C@H]5O[C@@H]5O[C@H](C)[C@@H](O)[C@H](O)[C@H]5O)[C@H]4O)C4C[C@@H](OS(=O)(=O)O)CC[C@]4(C)C3=CC[C@@]21C. The highest BCUT2D eigenvalue weighted by Gasteiger charge is 2.63. The van der Waals surface area contributed by atoms with E-state index < -0.39 is 194 Å². The van der Waals surface area contributed by atoms with Crippen LogP contribution in [0, 0.1) is 40.4 Å². The lowest BCUT2D eigenvalue weighted by atomic mass is 9.47. The number of carbonyl (C=O) groups is 1. The first kappa shape index (κ1) is 67.5. The molecule has 0 bridgehead atoms. The van der Waals surface area contributed by atoms with Crippen molar-refractivity contribution in [2.75, 3.05) is 6.61 Å². The largest absolute Gasteiger partial charge is 0.397 e. The van der Waals surface area contributed by atoms with Gasteiger partial charge in [-0.2, -0.15) is 8.42 Å². The Morgan fingerprint density at radius 1 is 0.612 bits per heavy atom. The molecule has 4 aliphatic carbocycles. The second-order valence-corrected chi connectivity index (χ2v) is 27.4. The number of fused-ring (bicyclic) bond motifs is 5. The van der Waals surface area contributed by atoms with Gasteiger partial charge >= 0.3 is 10.4 Å². The quantitative estimate of drug-likeness (QED) is 0.0449. The number of carbonyl (C=O) groups excluding carboxylic acids is 1. The zero-order valence-electron chi connectivity index (χ0n) is 49.4. The Kier molecular flexibility index (Phi) is 21.0. The van der Waals surface area contributed by atoms with Gasteiger partial charge in [-0.25, -0.2) is 4.18 Å². The number of ketones is 1. The van der Waals surface area contributed by atoms with Crippen molar-refractivity contribution in [1.29, 1.82) is 0 Å². The second-order valence-electron chi connectivity index (χ2n) is 26.4. The lowest BCUT2D eigenvalue weighted by molar-refractivity contribution is -0.406. The fourth-order valence-corrected chi connectivity index (χ4v) is 16.3. The van der Waals surface area contributed by atoms with E-state index in [0.29, 0.717) is 19.3 Å². The van der Waals surface area contributed by atoms with E-state index in [1.165, 1.54) is 33.3 Å². The summed E-state index contributed by atoms with van der Waals surface area (Å²) in [7, 11) is -4.88. The molecule has 9 rings (SSSR count).